The van der Waals surface area contributed by atoms with Crippen molar-refractivity contribution in [2.45, 2.75) is 71.4 Å². The summed E-state index contributed by atoms with van der Waals surface area (Å²) >= 11 is 0. The summed E-state index contributed by atoms with van der Waals surface area (Å²) in [5.41, 5.74) is 6.93. The molecule has 1 saturated carbocycles. The molecule has 3 nitrogen and oxygen atoms in total. The summed E-state index contributed by atoms with van der Waals surface area (Å²) < 4.78 is 0. The summed E-state index contributed by atoms with van der Waals surface area (Å²) in [4.78, 5) is 5.39. The van der Waals surface area contributed by atoms with E-state index in [0.717, 1.165) is 18.4 Å². The van der Waals surface area contributed by atoms with Crippen LogP contribution in [-0.2, 0) is 0 Å². The smallest absolute Gasteiger partial charge is 0.0363 e. The van der Waals surface area contributed by atoms with Crippen molar-refractivity contribution in [3.8, 4) is 0 Å². The Kier molecular flexibility index (Phi) is 5.38. The minimum atomic E-state index is 0.274. The molecular formula is C18H37N3. The summed E-state index contributed by atoms with van der Waals surface area (Å²) in [5, 5.41) is 0. The van der Waals surface area contributed by atoms with Crippen LogP contribution in [0.25, 0.3) is 0 Å². The Morgan fingerprint density at radius 1 is 1.10 bits per heavy atom. The zero-order chi connectivity index (χ0) is 15.7. The first-order chi connectivity index (χ1) is 9.81. The first kappa shape index (κ1) is 17.2. The van der Waals surface area contributed by atoms with E-state index < -0.39 is 0 Å². The van der Waals surface area contributed by atoms with Gasteiger partial charge in [0.25, 0.3) is 0 Å². The van der Waals surface area contributed by atoms with E-state index in [1.165, 1.54) is 51.9 Å². The molecule has 2 atom stereocenters. The van der Waals surface area contributed by atoms with E-state index in [1.54, 1.807) is 0 Å². The third-order valence-electron chi connectivity index (χ3n) is 6.08. The van der Waals surface area contributed by atoms with Gasteiger partial charge < -0.3 is 5.73 Å². The molecule has 0 amide bonds. The van der Waals surface area contributed by atoms with Crippen LogP contribution in [0.5, 0.6) is 0 Å². The van der Waals surface area contributed by atoms with Gasteiger partial charge >= 0.3 is 0 Å². The fourth-order valence-corrected chi connectivity index (χ4v) is 4.80. The minimum Gasteiger partial charge on any atom is -0.329 e. The van der Waals surface area contributed by atoms with Gasteiger partial charge in [0.1, 0.15) is 0 Å². The molecule has 3 heteroatoms. The van der Waals surface area contributed by atoms with Crippen molar-refractivity contribution in [3.63, 3.8) is 0 Å². The maximum atomic E-state index is 6.36. The Balaban J connectivity index is 2.11. The van der Waals surface area contributed by atoms with Crippen LogP contribution in [0, 0.1) is 11.8 Å². The van der Waals surface area contributed by atoms with E-state index in [0.29, 0.717) is 5.54 Å². The van der Waals surface area contributed by atoms with Gasteiger partial charge in [0, 0.05) is 43.8 Å². The van der Waals surface area contributed by atoms with Crippen LogP contribution in [0.1, 0.15) is 60.3 Å². The monoisotopic (exact) mass is 295 g/mol. The lowest BCUT2D eigenvalue weighted by atomic mass is 9.66. The van der Waals surface area contributed by atoms with E-state index in [4.69, 9.17) is 5.73 Å². The quantitative estimate of drug-likeness (QED) is 0.869. The molecule has 124 valence electrons. The molecule has 21 heavy (non-hydrogen) atoms. The minimum absolute atomic E-state index is 0.274. The lowest BCUT2D eigenvalue weighted by Gasteiger charge is -2.56. The summed E-state index contributed by atoms with van der Waals surface area (Å²) in [6.45, 7) is 17.4. The highest BCUT2D eigenvalue weighted by Gasteiger charge is 2.46. The zero-order valence-corrected chi connectivity index (χ0v) is 15.0. The number of hydrogen-bond donors (Lipinski definition) is 1. The van der Waals surface area contributed by atoms with Crippen molar-refractivity contribution < 1.29 is 0 Å². The van der Waals surface area contributed by atoms with Crippen LogP contribution >= 0.6 is 0 Å². The molecule has 0 radical (unpaired) electrons. The molecule has 0 spiro atoms. The first-order valence-corrected chi connectivity index (χ1v) is 9.01. The van der Waals surface area contributed by atoms with Gasteiger partial charge in [-0.1, -0.05) is 26.7 Å². The lowest BCUT2D eigenvalue weighted by molar-refractivity contribution is -0.0530. The molecule has 0 aromatic carbocycles. The third kappa shape index (κ3) is 3.46. The number of nitrogens with zero attached hydrogens (tertiary/aromatic N) is 2. The Morgan fingerprint density at radius 2 is 1.71 bits per heavy atom. The Morgan fingerprint density at radius 3 is 2.19 bits per heavy atom. The lowest BCUT2D eigenvalue weighted by Crippen LogP contribution is -2.66. The second-order valence-corrected chi connectivity index (χ2v) is 8.55. The van der Waals surface area contributed by atoms with Gasteiger partial charge in [0.15, 0.2) is 0 Å². The van der Waals surface area contributed by atoms with E-state index in [2.05, 4.69) is 44.4 Å². The van der Waals surface area contributed by atoms with Crippen LogP contribution in [0.4, 0.5) is 0 Å². The van der Waals surface area contributed by atoms with E-state index in [1.807, 2.05) is 0 Å². The maximum Gasteiger partial charge on any atom is 0.0363 e. The molecule has 2 rings (SSSR count). The topological polar surface area (TPSA) is 32.5 Å². The molecule has 2 aliphatic rings. The molecule has 1 heterocycles. The molecule has 0 aromatic heterocycles. The Bertz CT molecular complexity index is 326. The van der Waals surface area contributed by atoms with Crippen molar-refractivity contribution in [1.82, 2.24) is 9.80 Å². The van der Waals surface area contributed by atoms with Crippen LogP contribution in [0.2, 0.25) is 0 Å². The zero-order valence-electron chi connectivity index (χ0n) is 15.0. The average Bonchev–Trinajstić information content (AvgIpc) is 2.46. The number of nitrogens with two attached hydrogens (primary N) is 1. The van der Waals surface area contributed by atoms with Gasteiger partial charge in [-0.3, -0.25) is 9.80 Å². The second-order valence-electron chi connectivity index (χ2n) is 8.55. The van der Waals surface area contributed by atoms with Crippen molar-refractivity contribution >= 4 is 0 Å². The van der Waals surface area contributed by atoms with Gasteiger partial charge in [-0.2, -0.15) is 0 Å². The average molecular weight is 296 g/mol. The summed E-state index contributed by atoms with van der Waals surface area (Å²) in [6, 6.07) is 0. The summed E-state index contributed by atoms with van der Waals surface area (Å²) in [5.74, 6) is 1.52. The van der Waals surface area contributed by atoms with Gasteiger partial charge in [-0.25, -0.2) is 0 Å². The molecule has 2 unspecified atom stereocenters. The molecule has 1 saturated heterocycles. The van der Waals surface area contributed by atoms with E-state index in [9.17, 15) is 0 Å². The van der Waals surface area contributed by atoms with Crippen molar-refractivity contribution in [3.05, 3.63) is 0 Å². The highest BCUT2D eigenvalue weighted by atomic mass is 15.3. The molecule has 0 aromatic rings. The van der Waals surface area contributed by atoms with Gasteiger partial charge in [-0.05, 0) is 45.4 Å². The molecular weight excluding hydrogens is 258 g/mol. The van der Waals surface area contributed by atoms with Crippen LogP contribution in [-0.4, -0.2) is 53.6 Å². The normalized spacial score (nSPS) is 33.6. The van der Waals surface area contributed by atoms with Gasteiger partial charge in [0.05, 0.1) is 0 Å². The SMILES string of the molecule is CC(C)C1CCCCC1(CN)N1CCN(C(C)(C)C)CC1. The van der Waals surface area contributed by atoms with E-state index in [-0.39, 0.29) is 5.54 Å². The number of hydrogen-bond acceptors (Lipinski definition) is 3. The highest BCUT2D eigenvalue weighted by Crippen LogP contribution is 2.42. The van der Waals surface area contributed by atoms with Crippen molar-refractivity contribution in [2.24, 2.45) is 17.6 Å². The first-order valence-electron chi connectivity index (χ1n) is 9.01. The van der Waals surface area contributed by atoms with Crippen LogP contribution < -0.4 is 5.73 Å². The summed E-state index contributed by atoms with van der Waals surface area (Å²) in [7, 11) is 0. The third-order valence-corrected chi connectivity index (χ3v) is 6.08. The van der Waals surface area contributed by atoms with Crippen molar-refractivity contribution in [1.29, 1.82) is 0 Å². The maximum absolute atomic E-state index is 6.36. The highest BCUT2D eigenvalue weighted by molar-refractivity contribution is 5.02. The van der Waals surface area contributed by atoms with E-state index >= 15 is 0 Å². The molecule has 1 aliphatic carbocycles. The Hall–Kier alpha value is -0.120. The van der Waals surface area contributed by atoms with Gasteiger partial charge in [0.2, 0.25) is 0 Å². The van der Waals surface area contributed by atoms with Crippen molar-refractivity contribution in [2.75, 3.05) is 32.7 Å². The second kappa shape index (κ2) is 6.55. The molecule has 2 N–H and O–H groups in total. The summed E-state index contributed by atoms with van der Waals surface area (Å²) in [6.07, 6.45) is 5.43. The molecule has 2 fully saturated rings. The van der Waals surface area contributed by atoms with Crippen LogP contribution in [0.3, 0.4) is 0 Å². The van der Waals surface area contributed by atoms with Crippen LogP contribution in [0.15, 0.2) is 0 Å². The fraction of sp³-hybridized carbons (Fsp3) is 1.00. The predicted octanol–water partition coefficient (Wildman–Crippen LogP) is 2.95. The number of rotatable bonds is 3. The molecule has 1 aliphatic heterocycles. The fourth-order valence-electron chi connectivity index (χ4n) is 4.80. The van der Waals surface area contributed by atoms with Gasteiger partial charge in [-0.15, -0.1) is 0 Å². The molecule has 0 bridgehead atoms. The predicted molar refractivity (Wildman–Crippen MR) is 91.5 cm³/mol. The largest absolute Gasteiger partial charge is 0.329 e. The Labute approximate surface area is 132 Å². The number of piperazine rings is 1. The standard InChI is InChI=1S/C18H37N3/c1-15(2)16-8-6-7-9-18(16,14-19)21-12-10-20(11-13-21)17(3,4)5/h15-16H,6-14,19H2,1-5H3.